The Morgan fingerprint density at radius 3 is 2.73 bits per heavy atom. The minimum absolute atomic E-state index is 0.307. The van der Waals surface area contributed by atoms with E-state index in [-0.39, 0.29) is 6.10 Å². The van der Waals surface area contributed by atoms with Crippen molar-refractivity contribution in [1.82, 2.24) is 0 Å². The number of rotatable bonds is 3. The number of allylic oxidation sites excluding steroid dienone is 2. The Kier molecular flexibility index (Phi) is 3.57. The van der Waals surface area contributed by atoms with Crippen LogP contribution in [0, 0.1) is 5.92 Å². The molecule has 0 aromatic heterocycles. The van der Waals surface area contributed by atoms with Gasteiger partial charge in [0.05, 0.1) is 6.10 Å². The van der Waals surface area contributed by atoms with E-state index in [0.29, 0.717) is 5.92 Å². The van der Waals surface area contributed by atoms with Crippen LogP contribution < -0.4 is 0 Å². The highest BCUT2D eigenvalue weighted by Crippen LogP contribution is 2.27. The van der Waals surface area contributed by atoms with Crippen molar-refractivity contribution < 1.29 is 5.11 Å². The number of hydrogen-bond donors (Lipinski definition) is 1. The molecule has 0 amide bonds. The van der Waals surface area contributed by atoms with Crippen LogP contribution in [0.2, 0.25) is 0 Å². The van der Waals surface area contributed by atoms with Crippen LogP contribution in [0.5, 0.6) is 0 Å². The lowest BCUT2D eigenvalue weighted by atomic mass is 9.89. The fourth-order valence-electron chi connectivity index (χ4n) is 2.18. The van der Waals surface area contributed by atoms with Gasteiger partial charge in [-0.2, -0.15) is 0 Å². The van der Waals surface area contributed by atoms with Gasteiger partial charge in [0.1, 0.15) is 0 Å². The van der Waals surface area contributed by atoms with E-state index in [1.54, 1.807) is 0 Å². The minimum atomic E-state index is -0.307. The third-order valence-corrected chi connectivity index (χ3v) is 3.06. The first-order chi connectivity index (χ1) is 7.36. The molecule has 1 aromatic rings. The van der Waals surface area contributed by atoms with Gasteiger partial charge >= 0.3 is 0 Å². The third-order valence-electron chi connectivity index (χ3n) is 3.06. The zero-order valence-corrected chi connectivity index (χ0v) is 8.97. The Hall–Kier alpha value is -1.08. The van der Waals surface area contributed by atoms with Gasteiger partial charge in [-0.3, -0.25) is 0 Å². The molecular formula is C14H18O. The van der Waals surface area contributed by atoms with Crippen molar-refractivity contribution in [3.63, 3.8) is 0 Å². The summed E-state index contributed by atoms with van der Waals surface area (Å²) < 4.78 is 0. The summed E-state index contributed by atoms with van der Waals surface area (Å²) in [6.45, 7) is 0. The van der Waals surface area contributed by atoms with Gasteiger partial charge in [-0.1, -0.05) is 42.5 Å². The van der Waals surface area contributed by atoms with Crippen molar-refractivity contribution >= 4 is 0 Å². The fraction of sp³-hybridized carbons (Fsp3) is 0.429. The predicted molar refractivity (Wildman–Crippen MR) is 62.5 cm³/mol. The smallest absolute Gasteiger partial charge is 0.0795 e. The van der Waals surface area contributed by atoms with Crippen LogP contribution in [0.3, 0.4) is 0 Å². The normalized spacial score (nSPS) is 22.6. The zero-order chi connectivity index (χ0) is 10.5. The Labute approximate surface area is 91.4 Å². The Morgan fingerprint density at radius 2 is 2.07 bits per heavy atom. The van der Waals surface area contributed by atoms with Crippen molar-refractivity contribution in [2.45, 2.75) is 31.8 Å². The molecule has 15 heavy (non-hydrogen) atoms. The average Bonchev–Trinajstić information content (AvgIpc) is 2.31. The molecule has 0 radical (unpaired) electrons. The molecule has 0 bridgehead atoms. The first-order valence-corrected chi connectivity index (χ1v) is 5.76. The molecule has 1 nitrogen and oxygen atoms in total. The highest BCUT2D eigenvalue weighted by atomic mass is 16.3. The molecule has 2 atom stereocenters. The van der Waals surface area contributed by atoms with Crippen molar-refractivity contribution in [2.75, 3.05) is 0 Å². The molecule has 1 heteroatoms. The lowest BCUT2D eigenvalue weighted by Crippen LogP contribution is -2.07. The van der Waals surface area contributed by atoms with Gasteiger partial charge in [0.15, 0.2) is 0 Å². The molecule has 0 aliphatic heterocycles. The monoisotopic (exact) mass is 202 g/mol. The second-order valence-electron chi connectivity index (χ2n) is 4.28. The van der Waals surface area contributed by atoms with Gasteiger partial charge in [-0.15, -0.1) is 0 Å². The van der Waals surface area contributed by atoms with Crippen molar-refractivity contribution in [3.8, 4) is 0 Å². The van der Waals surface area contributed by atoms with Crippen LogP contribution in [0.25, 0.3) is 0 Å². The summed E-state index contributed by atoms with van der Waals surface area (Å²) in [5.74, 6) is 0.564. The van der Waals surface area contributed by atoms with Gasteiger partial charge in [-0.25, -0.2) is 0 Å². The molecule has 0 spiro atoms. The minimum Gasteiger partial charge on any atom is -0.388 e. The van der Waals surface area contributed by atoms with E-state index in [2.05, 4.69) is 12.2 Å². The van der Waals surface area contributed by atoms with E-state index in [4.69, 9.17) is 0 Å². The maximum atomic E-state index is 10.0. The predicted octanol–water partition coefficient (Wildman–Crippen LogP) is 3.47. The molecule has 0 saturated heterocycles. The van der Waals surface area contributed by atoms with Crippen molar-refractivity contribution in [1.29, 1.82) is 0 Å². The lowest BCUT2D eigenvalue weighted by molar-refractivity contribution is 0.149. The SMILES string of the molecule is OC(CC1C=CCCC1)c1ccccc1. The summed E-state index contributed by atoms with van der Waals surface area (Å²) >= 11 is 0. The number of benzene rings is 1. The van der Waals surface area contributed by atoms with Crippen molar-refractivity contribution in [2.24, 2.45) is 5.92 Å². The molecule has 80 valence electrons. The van der Waals surface area contributed by atoms with Crippen molar-refractivity contribution in [3.05, 3.63) is 48.0 Å². The zero-order valence-electron chi connectivity index (χ0n) is 8.97. The maximum Gasteiger partial charge on any atom is 0.0795 e. The first-order valence-electron chi connectivity index (χ1n) is 5.76. The quantitative estimate of drug-likeness (QED) is 0.744. The molecule has 2 rings (SSSR count). The summed E-state index contributed by atoms with van der Waals surface area (Å²) in [6.07, 6.45) is 8.75. The van der Waals surface area contributed by atoms with E-state index in [9.17, 15) is 5.11 Å². The standard InChI is InChI=1S/C14H18O/c15-14(13-9-5-2-6-10-13)11-12-7-3-1-4-8-12/h2-3,5-7,9-10,12,14-15H,1,4,8,11H2. The fourth-order valence-corrected chi connectivity index (χ4v) is 2.18. The van der Waals surface area contributed by atoms with E-state index in [1.165, 1.54) is 19.3 Å². The molecular weight excluding hydrogens is 184 g/mol. The lowest BCUT2D eigenvalue weighted by Gasteiger charge is -2.19. The van der Waals surface area contributed by atoms with E-state index < -0.39 is 0 Å². The highest BCUT2D eigenvalue weighted by molar-refractivity contribution is 5.17. The number of aliphatic hydroxyl groups excluding tert-OH is 1. The summed E-state index contributed by atoms with van der Waals surface area (Å²) in [7, 11) is 0. The van der Waals surface area contributed by atoms with Crippen LogP contribution in [0.4, 0.5) is 0 Å². The van der Waals surface area contributed by atoms with Crippen LogP contribution in [0.15, 0.2) is 42.5 Å². The number of hydrogen-bond acceptors (Lipinski definition) is 1. The molecule has 0 fully saturated rings. The molecule has 2 unspecified atom stereocenters. The van der Waals surface area contributed by atoms with E-state index in [1.807, 2.05) is 30.3 Å². The summed E-state index contributed by atoms with van der Waals surface area (Å²) in [5, 5.41) is 10.0. The summed E-state index contributed by atoms with van der Waals surface area (Å²) in [4.78, 5) is 0. The second-order valence-corrected chi connectivity index (χ2v) is 4.28. The molecule has 0 saturated carbocycles. The van der Waals surface area contributed by atoms with E-state index in [0.717, 1.165) is 12.0 Å². The molecule has 1 N–H and O–H groups in total. The summed E-state index contributed by atoms with van der Waals surface area (Å²) in [5.41, 5.74) is 1.04. The van der Waals surface area contributed by atoms with Gasteiger partial charge in [0.2, 0.25) is 0 Å². The molecule has 0 heterocycles. The Balaban J connectivity index is 1.94. The van der Waals surface area contributed by atoms with Crippen LogP contribution in [-0.2, 0) is 0 Å². The Morgan fingerprint density at radius 1 is 1.27 bits per heavy atom. The summed E-state index contributed by atoms with van der Waals surface area (Å²) in [6, 6.07) is 9.94. The second kappa shape index (κ2) is 5.13. The first kappa shape index (κ1) is 10.4. The highest BCUT2D eigenvalue weighted by Gasteiger charge is 2.14. The van der Waals surface area contributed by atoms with Gasteiger partial charge < -0.3 is 5.11 Å². The Bertz CT molecular complexity index is 315. The molecule has 1 aliphatic carbocycles. The average molecular weight is 202 g/mol. The third kappa shape index (κ3) is 2.93. The van der Waals surface area contributed by atoms with E-state index >= 15 is 0 Å². The van der Waals surface area contributed by atoms with Gasteiger partial charge in [0.25, 0.3) is 0 Å². The van der Waals surface area contributed by atoms with Gasteiger partial charge in [-0.05, 0) is 37.2 Å². The topological polar surface area (TPSA) is 20.2 Å². The van der Waals surface area contributed by atoms with Crippen LogP contribution in [0.1, 0.15) is 37.4 Å². The number of aliphatic hydroxyl groups is 1. The molecule has 1 aliphatic rings. The molecule has 1 aromatic carbocycles. The van der Waals surface area contributed by atoms with Crippen LogP contribution in [-0.4, -0.2) is 5.11 Å². The van der Waals surface area contributed by atoms with Gasteiger partial charge in [0, 0.05) is 0 Å². The largest absolute Gasteiger partial charge is 0.388 e. The van der Waals surface area contributed by atoms with Crippen LogP contribution >= 0.6 is 0 Å². The maximum absolute atomic E-state index is 10.0.